The molecule has 3 unspecified atom stereocenters. The standard InChI is InChI=1S/C33H40N2O6S/c1-23-9-7-8-12-28(23)30-19-25(13-14-29(30)32(36)34-31(33(37)38)15-16-42(3,39)40)20-35-21-26(18-27(35)22-41-2)17-24-10-5-4-6-11-24/h4-14,19,26-27,31H,15-18,20-22H2,1-3H3,(H,34,36)(H,37,38). The van der Waals surface area contributed by atoms with Crippen LogP contribution in [0, 0.1) is 12.8 Å². The molecule has 2 N–H and O–H groups in total. The minimum absolute atomic E-state index is 0.211. The van der Waals surface area contributed by atoms with Gasteiger partial charge >= 0.3 is 5.97 Å². The van der Waals surface area contributed by atoms with Crippen molar-refractivity contribution in [3.05, 3.63) is 95.1 Å². The van der Waals surface area contributed by atoms with E-state index >= 15 is 0 Å². The van der Waals surface area contributed by atoms with Gasteiger partial charge in [0.05, 0.1) is 12.4 Å². The van der Waals surface area contributed by atoms with Gasteiger partial charge < -0.3 is 15.2 Å². The Morgan fingerprint density at radius 1 is 1.02 bits per heavy atom. The number of nitrogens with one attached hydrogen (secondary N) is 1. The van der Waals surface area contributed by atoms with Crippen molar-refractivity contribution in [1.29, 1.82) is 0 Å². The predicted octanol–water partition coefficient (Wildman–Crippen LogP) is 4.36. The molecule has 1 aliphatic heterocycles. The van der Waals surface area contributed by atoms with Crippen LogP contribution in [0.25, 0.3) is 11.1 Å². The van der Waals surface area contributed by atoms with Crippen LogP contribution in [-0.4, -0.2) is 74.7 Å². The second-order valence-corrected chi connectivity index (χ2v) is 13.6. The summed E-state index contributed by atoms with van der Waals surface area (Å²) in [7, 11) is -1.66. The fraction of sp³-hybridized carbons (Fsp3) is 0.394. The molecule has 1 aliphatic rings. The number of hydrogen-bond donors (Lipinski definition) is 2. The molecule has 3 aromatic carbocycles. The van der Waals surface area contributed by atoms with Crippen molar-refractivity contribution < 1.29 is 27.9 Å². The summed E-state index contributed by atoms with van der Waals surface area (Å²) in [6.07, 6.45) is 2.88. The zero-order valence-electron chi connectivity index (χ0n) is 24.5. The molecule has 0 spiro atoms. The van der Waals surface area contributed by atoms with Crippen LogP contribution >= 0.6 is 0 Å². The first-order valence-corrected chi connectivity index (χ1v) is 16.3. The monoisotopic (exact) mass is 592 g/mol. The number of ether oxygens (including phenoxy) is 1. The fourth-order valence-electron chi connectivity index (χ4n) is 5.79. The molecule has 0 radical (unpaired) electrons. The zero-order valence-corrected chi connectivity index (χ0v) is 25.3. The van der Waals surface area contributed by atoms with Crippen molar-refractivity contribution in [2.24, 2.45) is 5.92 Å². The van der Waals surface area contributed by atoms with Crippen LogP contribution in [0.1, 0.15) is 39.9 Å². The molecule has 4 rings (SSSR count). The number of carbonyl (C=O) groups is 2. The molecule has 42 heavy (non-hydrogen) atoms. The van der Waals surface area contributed by atoms with Gasteiger partial charge in [-0.05, 0) is 72.1 Å². The summed E-state index contributed by atoms with van der Waals surface area (Å²) in [5.41, 5.74) is 5.28. The van der Waals surface area contributed by atoms with Crippen molar-refractivity contribution in [3.63, 3.8) is 0 Å². The number of carboxylic acid groups (broad SMARTS) is 1. The van der Waals surface area contributed by atoms with E-state index < -0.39 is 27.8 Å². The number of benzene rings is 3. The van der Waals surface area contributed by atoms with Gasteiger partial charge in [-0.2, -0.15) is 0 Å². The highest BCUT2D eigenvalue weighted by atomic mass is 32.2. The number of methoxy groups -OCH3 is 1. The second-order valence-electron chi connectivity index (χ2n) is 11.3. The first kappa shape index (κ1) is 31.4. The highest BCUT2D eigenvalue weighted by Gasteiger charge is 2.32. The molecule has 3 aromatic rings. The summed E-state index contributed by atoms with van der Waals surface area (Å²) in [5, 5.41) is 12.2. The summed E-state index contributed by atoms with van der Waals surface area (Å²) in [6, 6.07) is 22.9. The highest BCUT2D eigenvalue weighted by Crippen LogP contribution is 2.32. The Kier molecular flexibility index (Phi) is 10.5. The molecule has 224 valence electrons. The van der Waals surface area contributed by atoms with Crippen molar-refractivity contribution in [3.8, 4) is 11.1 Å². The van der Waals surface area contributed by atoms with E-state index in [0.29, 0.717) is 30.2 Å². The molecule has 1 saturated heterocycles. The highest BCUT2D eigenvalue weighted by molar-refractivity contribution is 7.90. The fourth-order valence-corrected chi connectivity index (χ4v) is 6.45. The maximum absolute atomic E-state index is 13.4. The summed E-state index contributed by atoms with van der Waals surface area (Å²) in [4.78, 5) is 27.7. The molecule has 1 fully saturated rings. The number of nitrogens with zero attached hydrogens (tertiary/aromatic N) is 1. The molecular formula is C33H40N2O6S. The van der Waals surface area contributed by atoms with Gasteiger partial charge in [0.2, 0.25) is 0 Å². The summed E-state index contributed by atoms with van der Waals surface area (Å²) in [5.74, 6) is -1.66. The van der Waals surface area contributed by atoms with Gasteiger partial charge in [0, 0.05) is 38.1 Å². The van der Waals surface area contributed by atoms with Gasteiger partial charge in [0.25, 0.3) is 5.91 Å². The molecule has 0 bridgehead atoms. The van der Waals surface area contributed by atoms with Crippen LogP contribution in [0.15, 0.2) is 72.8 Å². The van der Waals surface area contributed by atoms with Crippen LogP contribution in [0.3, 0.4) is 0 Å². The number of sulfone groups is 1. The van der Waals surface area contributed by atoms with E-state index in [1.807, 2.05) is 49.4 Å². The Morgan fingerprint density at radius 2 is 1.74 bits per heavy atom. The Hall–Kier alpha value is -3.53. The maximum atomic E-state index is 13.4. The van der Waals surface area contributed by atoms with Gasteiger partial charge in [-0.1, -0.05) is 60.7 Å². The maximum Gasteiger partial charge on any atom is 0.326 e. The normalized spacial score (nSPS) is 18.1. The summed E-state index contributed by atoms with van der Waals surface area (Å²) in [6.45, 7) is 4.23. The molecular weight excluding hydrogens is 552 g/mol. The van der Waals surface area contributed by atoms with E-state index in [2.05, 4.69) is 34.5 Å². The third-order valence-electron chi connectivity index (χ3n) is 7.87. The first-order valence-electron chi connectivity index (χ1n) is 14.2. The van der Waals surface area contributed by atoms with E-state index in [9.17, 15) is 23.1 Å². The average molecular weight is 593 g/mol. The van der Waals surface area contributed by atoms with Crippen LogP contribution in [0.2, 0.25) is 0 Å². The molecule has 8 nitrogen and oxygen atoms in total. The summed E-state index contributed by atoms with van der Waals surface area (Å²) < 4.78 is 28.8. The van der Waals surface area contributed by atoms with Gasteiger partial charge in [-0.25, -0.2) is 13.2 Å². The second kappa shape index (κ2) is 14.1. The topological polar surface area (TPSA) is 113 Å². The van der Waals surface area contributed by atoms with E-state index in [4.69, 9.17) is 4.74 Å². The lowest BCUT2D eigenvalue weighted by molar-refractivity contribution is -0.139. The lowest BCUT2D eigenvalue weighted by Gasteiger charge is -2.24. The molecule has 0 aliphatic carbocycles. The van der Waals surface area contributed by atoms with E-state index in [-0.39, 0.29) is 18.2 Å². The number of carbonyl (C=O) groups excluding carboxylic acids is 1. The van der Waals surface area contributed by atoms with Crippen molar-refractivity contribution >= 4 is 21.7 Å². The lowest BCUT2D eigenvalue weighted by atomic mass is 9.93. The largest absolute Gasteiger partial charge is 0.480 e. The first-order chi connectivity index (χ1) is 20.0. The van der Waals surface area contributed by atoms with E-state index in [0.717, 1.165) is 42.3 Å². The Morgan fingerprint density at radius 3 is 2.40 bits per heavy atom. The number of hydrogen-bond acceptors (Lipinski definition) is 6. The van der Waals surface area contributed by atoms with E-state index in [1.165, 1.54) is 5.56 Å². The van der Waals surface area contributed by atoms with Crippen LogP contribution in [0.4, 0.5) is 0 Å². The summed E-state index contributed by atoms with van der Waals surface area (Å²) >= 11 is 0. The van der Waals surface area contributed by atoms with Gasteiger partial charge in [-0.15, -0.1) is 0 Å². The number of amides is 1. The van der Waals surface area contributed by atoms with Crippen molar-refractivity contribution in [2.75, 3.05) is 32.3 Å². The van der Waals surface area contributed by atoms with Crippen LogP contribution in [-0.2, 0) is 32.3 Å². The average Bonchev–Trinajstić information content (AvgIpc) is 3.31. The predicted molar refractivity (Wildman–Crippen MR) is 164 cm³/mol. The third-order valence-corrected chi connectivity index (χ3v) is 8.85. The SMILES string of the molecule is COCC1CC(Cc2ccccc2)CN1Cc1ccc(C(=O)NC(CCS(C)(=O)=O)C(=O)O)c(-c2ccccc2C)c1. The number of likely N-dealkylation sites (tertiary alicyclic amines) is 1. The number of carboxylic acids is 1. The third kappa shape index (κ3) is 8.50. The molecule has 1 amide bonds. The molecule has 0 saturated carbocycles. The van der Waals surface area contributed by atoms with Crippen LogP contribution in [0.5, 0.6) is 0 Å². The Labute approximate surface area is 248 Å². The number of rotatable bonds is 13. The minimum Gasteiger partial charge on any atom is -0.480 e. The lowest BCUT2D eigenvalue weighted by Crippen LogP contribution is -2.42. The molecule has 9 heteroatoms. The van der Waals surface area contributed by atoms with Crippen molar-refractivity contribution in [1.82, 2.24) is 10.2 Å². The Bertz CT molecular complexity index is 1490. The van der Waals surface area contributed by atoms with Crippen LogP contribution < -0.4 is 5.32 Å². The zero-order chi connectivity index (χ0) is 30.3. The smallest absolute Gasteiger partial charge is 0.326 e. The van der Waals surface area contributed by atoms with E-state index in [1.54, 1.807) is 13.2 Å². The molecule has 1 heterocycles. The number of aliphatic carboxylic acids is 1. The quantitative estimate of drug-likeness (QED) is 0.303. The van der Waals surface area contributed by atoms with Gasteiger partial charge in [0.1, 0.15) is 15.9 Å². The molecule has 0 aromatic heterocycles. The van der Waals surface area contributed by atoms with Crippen molar-refractivity contribution in [2.45, 2.75) is 44.8 Å². The van der Waals surface area contributed by atoms with Gasteiger partial charge in [-0.3, -0.25) is 9.69 Å². The minimum atomic E-state index is -3.39. The molecule has 3 atom stereocenters. The number of aryl methyl sites for hydroxylation is 1. The van der Waals surface area contributed by atoms with Gasteiger partial charge in [0.15, 0.2) is 0 Å². The Balaban J connectivity index is 1.60.